The lowest BCUT2D eigenvalue weighted by molar-refractivity contribution is -0.211. The molecule has 0 aromatic heterocycles. The number of carbonyl (C=O) groups excluding carboxylic acids is 2. The highest BCUT2D eigenvalue weighted by Gasteiger charge is 2.37. The van der Waals surface area contributed by atoms with Crippen LogP contribution in [0.3, 0.4) is 0 Å². The lowest BCUT2D eigenvalue weighted by Crippen LogP contribution is -2.51. The number of unbranched alkanes of at least 4 members (excludes halogenated alkanes) is 4. The smallest absolute Gasteiger partial charge is 0.308 e. The van der Waals surface area contributed by atoms with Crippen molar-refractivity contribution in [3.05, 3.63) is 0 Å². The average Bonchev–Trinajstić information content (AvgIpc) is 2.61. The van der Waals surface area contributed by atoms with Gasteiger partial charge in [0.25, 0.3) is 0 Å². The van der Waals surface area contributed by atoms with Crippen molar-refractivity contribution in [1.29, 1.82) is 0 Å². The molecule has 0 amide bonds. The van der Waals surface area contributed by atoms with E-state index in [0.717, 1.165) is 64.8 Å². The molecule has 1 unspecified atom stereocenters. The first-order chi connectivity index (χ1) is 12.5. The van der Waals surface area contributed by atoms with Gasteiger partial charge in [0.15, 0.2) is 0 Å². The Morgan fingerprint density at radius 3 is 2.23 bits per heavy atom. The minimum absolute atomic E-state index is 0.0212. The highest BCUT2D eigenvalue weighted by atomic mass is 16.6. The zero-order chi connectivity index (χ0) is 19.3. The van der Waals surface area contributed by atoms with E-state index in [9.17, 15) is 9.59 Å². The molecule has 0 spiro atoms. The van der Waals surface area contributed by atoms with Gasteiger partial charge in [0.05, 0.1) is 19.1 Å². The maximum absolute atomic E-state index is 11.6. The molecule has 1 aliphatic heterocycles. The molecule has 0 aliphatic carbocycles. The second kappa shape index (κ2) is 13.1. The molecular formula is C20H36O6. The van der Waals surface area contributed by atoms with E-state index in [0.29, 0.717) is 6.42 Å². The van der Waals surface area contributed by atoms with E-state index in [4.69, 9.17) is 18.9 Å². The molecule has 1 aliphatic rings. The van der Waals surface area contributed by atoms with E-state index in [2.05, 4.69) is 6.92 Å². The molecule has 1 fully saturated rings. The first kappa shape index (κ1) is 22.9. The lowest BCUT2D eigenvalue weighted by atomic mass is 9.99. The Bertz CT molecular complexity index is 400. The van der Waals surface area contributed by atoms with E-state index >= 15 is 0 Å². The molecule has 0 aromatic carbocycles. The number of rotatable bonds is 15. The number of ether oxygens (including phenoxy) is 4. The molecule has 152 valence electrons. The van der Waals surface area contributed by atoms with Crippen molar-refractivity contribution in [2.45, 2.75) is 77.7 Å². The molecule has 0 N–H and O–H groups in total. The Labute approximate surface area is 157 Å². The van der Waals surface area contributed by atoms with Gasteiger partial charge < -0.3 is 18.9 Å². The van der Waals surface area contributed by atoms with Gasteiger partial charge >= 0.3 is 11.9 Å². The van der Waals surface area contributed by atoms with Crippen LogP contribution in [0.2, 0.25) is 0 Å². The van der Waals surface area contributed by atoms with Gasteiger partial charge in [-0.05, 0) is 25.7 Å². The Morgan fingerprint density at radius 2 is 1.62 bits per heavy atom. The third-order valence-electron chi connectivity index (χ3n) is 4.91. The summed E-state index contributed by atoms with van der Waals surface area (Å²) in [4.78, 5) is 23.1. The average molecular weight is 373 g/mol. The summed E-state index contributed by atoms with van der Waals surface area (Å²) in [5, 5.41) is 0. The Kier molecular flexibility index (Phi) is 11.5. The maximum atomic E-state index is 11.6. The molecule has 1 heterocycles. The highest BCUT2D eigenvalue weighted by Crippen LogP contribution is 2.25. The van der Waals surface area contributed by atoms with Crippen LogP contribution in [0.4, 0.5) is 0 Å². The molecule has 1 atom stereocenters. The lowest BCUT2D eigenvalue weighted by Gasteiger charge is -2.40. The summed E-state index contributed by atoms with van der Waals surface area (Å²) in [6.45, 7) is 8.41. The summed E-state index contributed by atoms with van der Waals surface area (Å²) in [5.74, 6) is -0.560. The van der Waals surface area contributed by atoms with Crippen LogP contribution in [0.5, 0.6) is 0 Å². The van der Waals surface area contributed by atoms with Crippen LogP contribution in [-0.4, -0.2) is 50.6 Å². The summed E-state index contributed by atoms with van der Waals surface area (Å²) in [6.07, 6.45) is 7.28. The van der Waals surface area contributed by atoms with E-state index in [1.807, 2.05) is 13.8 Å². The van der Waals surface area contributed by atoms with Crippen LogP contribution in [0.25, 0.3) is 0 Å². The van der Waals surface area contributed by atoms with Crippen LogP contribution in [0.1, 0.15) is 72.1 Å². The first-order valence-electron chi connectivity index (χ1n) is 10.1. The fourth-order valence-electron chi connectivity index (χ4n) is 2.59. The number of hydrogen-bond donors (Lipinski definition) is 0. The summed E-state index contributed by atoms with van der Waals surface area (Å²) in [6, 6.07) is 0. The van der Waals surface area contributed by atoms with Crippen LogP contribution < -0.4 is 0 Å². The third-order valence-corrected chi connectivity index (χ3v) is 4.91. The van der Waals surface area contributed by atoms with Crippen LogP contribution in [0, 0.1) is 5.92 Å². The van der Waals surface area contributed by atoms with Crippen molar-refractivity contribution >= 4 is 11.9 Å². The summed E-state index contributed by atoms with van der Waals surface area (Å²) in [5.41, 5.74) is -0.0212. The van der Waals surface area contributed by atoms with Crippen molar-refractivity contribution in [2.24, 2.45) is 5.92 Å². The van der Waals surface area contributed by atoms with Crippen LogP contribution in [0.15, 0.2) is 0 Å². The SMILES string of the molecule is CCC(C)C(=O)OCCOC(=O)CCCCCCCOC1(CC)COC1. The minimum atomic E-state index is -0.234. The third kappa shape index (κ3) is 8.99. The zero-order valence-corrected chi connectivity index (χ0v) is 16.7. The van der Waals surface area contributed by atoms with Gasteiger partial charge in [-0.2, -0.15) is 0 Å². The summed E-state index contributed by atoms with van der Waals surface area (Å²) < 4.78 is 21.3. The molecule has 6 nitrogen and oxygen atoms in total. The van der Waals surface area contributed by atoms with Gasteiger partial charge in [-0.1, -0.05) is 40.0 Å². The number of esters is 2. The van der Waals surface area contributed by atoms with E-state index in [1.54, 1.807) is 0 Å². The second-order valence-corrected chi connectivity index (χ2v) is 7.09. The van der Waals surface area contributed by atoms with E-state index < -0.39 is 0 Å². The Balaban J connectivity index is 1.87. The van der Waals surface area contributed by atoms with Crippen molar-refractivity contribution < 1.29 is 28.5 Å². The van der Waals surface area contributed by atoms with Crippen molar-refractivity contribution in [1.82, 2.24) is 0 Å². The molecule has 26 heavy (non-hydrogen) atoms. The van der Waals surface area contributed by atoms with E-state index in [1.165, 1.54) is 0 Å². The molecule has 1 rings (SSSR count). The molecule has 0 saturated carbocycles. The van der Waals surface area contributed by atoms with Crippen molar-refractivity contribution in [3.63, 3.8) is 0 Å². The summed E-state index contributed by atoms with van der Waals surface area (Å²) >= 11 is 0. The standard InChI is InChI=1S/C20H36O6/c1-4-17(3)19(22)25-14-13-24-18(21)11-9-7-6-8-10-12-26-20(5-2)15-23-16-20/h17H,4-16H2,1-3H3. The predicted octanol–water partition coefficient (Wildman–Crippen LogP) is 3.66. The molecule has 6 heteroatoms. The quantitative estimate of drug-likeness (QED) is 0.323. The highest BCUT2D eigenvalue weighted by molar-refractivity contribution is 5.72. The molecule has 0 aromatic rings. The molecule has 0 radical (unpaired) electrons. The topological polar surface area (TPSA) is 71.1 Å². The van der Waals surface area contributed by atoms with Gasteiger partial charge in [0, 0.05) is 13.0 Å². The van der Waals surface area contributed by atoms with E-state index in [-0.39, 0.29) is 36.7 Å². The maximum Gasteiger partial charge on any atom is 0.308 e. The Hall–Kier alpha value is -1.14. The van der Waals surface area contributed by atoms with Gasteiger partial charge in [0.2, 0.25) is 0 Å². The normalized spacial score (nSPS) is 16.6. The number of hydrogen-bond acceptors (Lipinski definition) is 6. The van der Waals surface area contributed by atoms with Gasteiger partial charge in [-0.3, -0.25) is 9.59 Å². The van der Waals surface area contributed by atoms with Crippen molar-refractivity contribution in [2.75, 3.05) is 33.0 Å². The first-order valence-corrected chi connectivity index (χ1v) is 10.1. The number of carbonyl (C=O) groups is 2. The van der Waals surface area contributed by atoms with Gasteiger partial charge in [-0.15, -0.1) is 0 Å². The van der Waals surface area contributed by atoms with Crippen LogP contribution in [-0.2, 0) is 28.5 Å². The largest absolute Gasteiger partial charge is 0.462 e. The summed E-state index contributed by atoms with van der Waals surface area (Å²) in [7, 11) is 0. The zero-order valence-electron chi connectivity index (χ0n) is 16.7. The second-order valence-electron chi connectivity index (χ2n) is 7.09. The fourth-order valence-corrected chi connectivity index (χ4v) is 2.59. The van der Waals surface area contributed by atoms with Crippen molar-refractivity contribution in [3.8, 4) is 0 Å². The van der Waals surface area contributed by atoms with Crippen LogP contribution >= 0.6 is 0 Å². The molecule has 0 bridgehead atoms. The molecule has 1 saturated heterocycles. The van der Waals surface area contributed by atoms with Gasteiger partial charge in [0.1, 0.15) is 18.8 Å². The monoisotopic (exact) mass is 372 g/mol. The molecular weight excluding hydrogens is 336 g/mol. The van der Waals surface area contributed by atoms with Gasteiger partial charge in [-0.25, -0.2) is 0 Å². The minimum Gasteiger partial charge on any atom is -0.462 e. The Morgan fingerprint density at radius 1 is 0.962 bits per heavy atom. The fraction of sp³-hybridized carbons (Fsp3) is 0.900. The predicted molar refractivity (Wildman–Crippen MR) is 98.9 cm³/mol.